The van der Waals surface area contributed by atoms with Crippen LogP contribution >= 0.6 is 11.6 Å². The largest absolute Gasteiger partial charge is 0.492 e. The smallest absolute Gasteiger partial charge is 0.150 e. The van der Waals surface area contributed by atoms with Gasteiger partial charge in [0, 0.05) is 11.1 Å². The molecule has 0 saturated heterocycles. The number of rotatable bonds is 6. The van der Waals surface area contributed by atoms with Gasteiger partial charge in [-0.3, -0.25) is 0 Å². The lowest BCUT2D eigenvalue weighted by atomic mass is 9.85. The first-order valence-corrected chi connectivity index (χ1v) is 9.44. The summed E-state index contributed by atoms with van der Waals surface area (Å²) in [6, 6.07) is 1.88. The molecule has 26 heavy (non-hydrogen) atoms. The van der Waals surface area contributed by atoms with Crippen molar-refractivity contribution in [3.8, 4) is 11.5 Å². The molecule has 1 aliphatic heterocycles. The molecule has 0 fully saturated rings. The van der Waals surface area contributed by atoms with Crippen molar-refractivity contribution in [3.05, 3.63) is 34.1 Å². The highest BCUT2D eigenvalue weighted by molar-refractivity contribution is 6.34. The number of ether oxygens (including phenoxy) is 2. The zero-order valence-corrected chi connectivity index (χ0v) is 17.1. The van der Waals surface area contributed by atoms with Gasteiger partial charge in [0.05, 0.1) is 13.2 Å². The van der Waals surface area contributed by atoms with Gasteiger partial charge in [0.25, 0.3) is 0 Å². The Morgan fingerprint density at radius 1 is 1.35 bits per heavy atom. The Hall–Kier alpha value is -1.52. The Bertz CT molecular complexity index is 748. The molecule has 0 aromatic heterocycles. The van der Waals surface area contributed by atoms with E-state index in [0.29, 0.717) is 40.7 Å². The van der Waals surface area contributed by atoms with Crippen molar-refractivity contribution in [2.75, 3.05) is 13.2 Å². The minimum Gasteiger partial charge on any atom is -0.492 e. The average Bonchev–Trinajstić information content (AvgIpc) is 2.58. The number of allylic oxidation sites excluding steroid dienone is 2. The van der Waals surface area contributed by atoms with E-state index in [1.807, 2.05) is 33.8 Å². The molecule has 0 amide bonds. The molecular weight excluding hydrogens is 355 g/mol. The predicted molar refractivity (Wildman–Crippen MR) is 106 cm³/mol. The van der Waals surface area contributed by atoms with Crippen molar-refractivity contribution in [2.24, 2.45) is 5.92 Å². The summed E-state index contributed by atoms with van der Waals surface area (Å²) in [4.78, 5) is 0. The second kappa shape index (κ2) is 8.01. The minimum absolute atomic E-state index is 0.246. The van der Waals surface area contributed by atoms with Gasteiger partial charge in [-0.05, 0) is 56.4 Å². The van der Waals surface area contributed by atoms with Crippen LogP contribution < -0.4 is 9.47 Å². The fourth-order valence-corrected chi connectivity index (χ4v) is 3.58. The Balaban J connectivity index is 2.85. The summed E-state index contributed by atoms with van der Waals surface area (Å²) in [5, 5.41) is 9.64. The lowest BCUT2D eigenvalue weighted by molar-refractivity contribution is 0.156. The van der Waals surface area contributed by atoms with Crippen LogP contribution in [0.15, 0.2) is 18.0 Å². The number of halogens is 2. The topological polar surface area (TPSA) is 38.7 Å². The van der Waals surface area contributed by atoms with Gasteiger partial charge in [0.1, 0.15) is 22.2 Å². The van der Waals surface area contributed by atoms with Crippen LogP contribution in [-0.2, 0) is 0 Å². The molecule has 0 spiro atoms. The van der Waals surface area contributed by atoms with E-state index in [9.17, 15) is 9.50 Å². The van der Waals surface area contributed by atoms with E-state index in [0.717, 1.165) is 11.1 Å². The number of aliphatic hydroxyl groups excluding tert-OH is 1. The minimum atomic E-state index is -0.653. The van der Waals surface area contributed by atoms with Crippen LogP contribution in [0.25, 0.3) is 11.1 Å². The number of aliphatic hydroxyl groups is 1. The van der Waals surface area contributed by atoms with E-state index < -0.39 is 18.0 Å². The fourth-order valence-electron chi connectivity index (χ4n) is 3.29. The monoisotopic (exact) mass is 382 g/mol. The highest BCUT2D eigenvalue weighted by atomic mass is 35.5. The van der Waals surface area contributed by atoms with Crippen LogP contribution in [0.5, 0.6) is 11.5 Å². The van der Waals surface area contributed by atoms with E-state index >= 15 is 0 Å². The van der Waals surface area contributed by atoms with Gasteiger partial charge >= 0.3 is 0 Å². The molecule has 1 heterocycles. The molecule has 3 nitrogen and oxygen atoms in total. The lowest BCUT2D eigenvalue weighted by Gasteiger charge is -2.34. The summed E-state index contributed by atoms with van der Waals surface area (Å²) in [5.74, 6) is 0.635. The summed E-state index contributed by atoms with van der Waals surface area (Å²) in [6.45, 7) is 11.6. The maximum absolute atomic E-state index is 14.3. The second-order valence-corrected chi connectivity index (χ2v) is 7.61. The van der Waals surface area contributed by atoms with E-state index in [4.69, 9.17) is 21.1 Å². The molecular formula is C21H28ClFO3. The van der Waals surface area contributed by atoms with E-state index in [2.05, 4.69) is 19.9 Å². The Kier molecular flexibility index (Phi) is 6.41. The van der Waals surface area contributed by atoms with E-state index in [-0.39, 0.29) is 5.92 Å². The van der Waals surface area contributed by atoms with E-state index in [1.54, 1.807) is 0 Å². The molecule has 0 unspecified atom stereocenters. The molecule has 144 valence electrons. The molecule has 1 aromatic carbocycles. The van der Waals surface area contributed by atoms with Crippen molar-refractivity contribution >= 4 is 22.7 Å². The average molecular weight is 383 g/mol. The van der Waals surface area contributed by atoms with Crippen molar-refractivity contribution < 1.29 is 19.0 Å². The zero-order chi connectivity index (χ0) is 19.6. The Morgan fingerprint density at radius 3 is 2.50 bits per heavy atom. The number of hydrogen-bond acceptors (Lipinski definition) is 3. The van der Waals surface area contributed by atoms with Gasteiger partial charge < -0.3 is 14.6 Å². The van der Waals surface area contributed by atoms with Gasteiger partial charge in [-0.1, -0.05) is 32.4 Å². The van der Waals surface area contributed by atoms with Crippen molar-refractivity contribution in [1.82, 2.24) is 0 Å². The maximum Gasteiger partial charge on any atom is 0.150 e. The Morgan fingerprint density at radius 2 is 2.00 bits per heavy atom. The predicted octanol–water partition coefficient (Wildman–Crippen LogP) is 6.03. The molecule has 0 saturated carbocycles. The van der Waals surface area contributed by atoms with Gasteiger partial charge in [-0.15, -0.1) is 0 Å². The quantitative estimate of drug-likeness (QED) is 0.652. The van der Waals surface area contributed by atoms with Crippen LogP contribution in [0, 0.1) is 5.92 Å². The van der Waals surface area contributed by atoms with Crippen LogP contribution in [0.4, 0.5) is 4.39 Å². The van der Waals surface area contributed by atoms with Crippen LogP contribution in [0.2, 0.25) is 5.02 Å². The van der Waals surface area contributed by atoms with Crippen LogP contribution in [0.3, 0.4) is 0 Å². The van der Waals surface area contributed by atoms with Gasteiger partial charge in [-0.2, -0.15) is 0 Å². The summed E-state index contributed by atoms with van der Waals surface area (Å²) in [6.07, 6.45) is 2.49. The summed E-state index contributed by atoms with van der Waals surface area (Å²) >= 11 is 6.67. The van der Waals surface area contributed by atoms with Crippen molar-refractivity contribution in [2.45, 2.75) is 53.6 Å². The molecule has 5 heteroatoms. The molecule has 0 aliphatic carbocycles. The molecule has 0 atom stereocenters. The standard InChI is InChI=1S/C21H28ClFO3/c1-7-13(17(23)11-24)14-9-15-16(12(3)4)10-21(5,6)26-20(15)18(22)19(14)25-8-2/h9-10,12,24H,7-8,11H2,1-6H3/b17-13+. The molecule has 1 aromatic rings. The number of hydrogen-bond donors (Lipinski definition) is 1. The van der Waals surface area contributed by atoms with E-state index in [1.165, 1.54) is 0 Å². The van der Waals surface area contributed by atoms with Crippen LogP contribution in [-0.4, -0.2) is 23.9 Å². The molecule has 1 aliphatic rings. The SMILES string of the molecule is CCOc1c(/C(CC)=C(/F)CO)cc2c(c1Cl)OC(C)(C)C=C2C(C)C. The third-order valence-electron chi connectivity index (χ3n) is 4.41. The third kappa shape index (κ3) is 3.91. The third-order valence-corrected chi connectivity index (χ3v) is 4.75. The van der Waals surface area contributed by atoms with Crippen molar-refractivity contribution in [3.63, 3.8) is 0 Å². The van der Waals surface area contributed by atoms with Gasteiger partial charge in [0.15, 0.2) is 5.75 Å². The Labute approximate surface area is 160 Å². The first-order valence-electron chi connectivity index (χ1n) is 9.06. The normalized spacial score (nSPS) is 16.6. The zero-order valence-electron chi connectivity index (χ0n) is 16.4. The molecule has 0 bridgehead atoms. The second-order valence-electron chi connectivity index (χ2n) is 7.23. The first kappa shape index (κ1) is 20.8. The highest BCUT2D eigenvalue weighted by Gasteiger charge is 2.32. The fraction of sp³-hybridized carbons (Fsp3) is 0.524. The molecule has 0 radical (unpaired) electrons. The summed E-state index contributed by atoms with van der Waals surface area (Å²) < 4.78 is 26.2. The maximum atomic E-state index is 14.3. The van der Waals surface area contributed by atoms with Crippen molar-refractivity contribution in [1.29, 1.82) is 0 Å². The van der Waals surface area contributed by atoms with Gasteiger partial charge in [-0.25, -0.2) is 4.39 Å². The highest BCUT2D eigenvalue weighted by Crippen LogP contribution is 2.50. The van der Waals surface area contributed by atoms with Gasteiger partial charge in [0.2, 0.25) is 0 Å². The number of fused-ring (bicyclic) bond motifs is 1. The molecule has 2 rings (SSSR count). The summed E-state index contributed by atoms with van der Waals surface area (Å²) in [5.41, 5.74) is 2.41. The van der Waals surface area contributed by atoms with Crippen LogP contribution in [0.1, 0.15) is 59.1 Å². The molecule has 1 N–H and O–H groups in total. The lowest BCUT2D eigenvalue weighted by Crippen LogP contribution is -2.30. The number of benzene rings is 1. The summed E-state index contributed by atoms with van der Waals surface area (Å²) in [7, 11) is 0. The first-order chi connectivity index (χ1) is 12.2.